The van der Waals surface area contributed by atoms with Gasteiger partial charge in [0.25, 0.3) is 5.91 Å². The van der Waals surface area contributed by atoms with Crippen LogP contribution in [0, 0.1) is 6.92 Å². The van der Waals surface area contributed by atoms with Crippen LogP contribution >= 0.6 is 0 Å². The van der Waals surface area contributed by atoms with Crippen molar-refractivity contribution in [3.8, 4) is 0 Å². The number of benzene rings is 1. The normalized spacial score (nSPS) is 10.8. The summed E-state index contributed by atoms with van der Waals surface area (Å²) in [5.41, 5.74) is 0.509. The third-order valence-corrected chi connectivity index (χ3v) is 4.54. The molecule has 25 heavy (non-hydrogen) atoms. The van der Waals surface area contributed by atoms with E-state index in [0.29, 0.717) is 12.1 Å². The number of ether oxygens (including phenoxy) is 1. The summed E-state index contributed by atoms with van der Waals surface area (Å²) in [4.78, 5) is 34.7. The largest absolute Gasteiger partial charge is 0.452 e. The van der Waals surface area contributed by atoms with E-state index in [4.69, 9.17) is 4.74 Å². The number of urea groups is 1. The van der Waals surface area contributed by atoms with Crippen molar-refractivity contribution in [2.24, 2.45) is 0 Å². The van der Waals surface area contributed by atoms with E-state index >= 15 is 0 Å². The molecule has 0 saturated carbocycles. The van der Waals surface area contributed by atoms with Crippen LogP contribution in [0.25, 0.3) is 0 Å². The Morgan fingerprint density at radius 2 is 1.80 bits per heavy atom. The first-order chi connectivity index (χ1) is 11.7. The summed E-state index contributed by atoms with van der Waals surface area (Å²) in [6, 6.07) is 3.32. The number of hydrogen-bond acceptors (Lipinski definition) is 6. The Bertz CT molecular complexity index is 761. The van der Waals surface area contributed by atoms with Crippen LogP contribution in [0.4, 0.5) is 4.79 Å². The van der Waals surface area contributed by atoms with Gasteiger partial charge in [-0.3, -0.25) is 10.1 Å². The maximum Gasteiger partial charge on any atom is 0.338 e. The molecule has 3 N–H and O–H groups in total. The standard InChI is InChI=1S/C15H21N3O6S/c1-4-16-15(21)18-13(19)9-24-14(20)12-8-11(7-6-10(12)3)25(22,23)17-5-2/h6-8,17H,4-5,9H2,1-3H3,(H2,16,18,19,21). The van der Waals surface area contributed by atoms with Crippen LogP contribution in [0.15, 0.2) is 23.1 Å². The maximum absolute atomic E-state index is 12.1. The van der Waals surface area contributed by atoms with Gasteiger partial charge in [-0.15, -0.1) is 0 Å². The van der Waals surface area contributed by atoms with Crippen LogP contribution in [0.5, 0.6) is 0 Å². The van der Waals surface area contributed by atoms with Crippen molar-refractivity contribution in [1.82, 2.24) is 15.4 Å². The fraction of sp³-hybridized carbons (Fsp3) is 0.400. The van der Waals surface area contributed by atoms with Crippen LogP contribution < -0.4 is 15.4 Å². The molecule has 1 aromatic rings. The lowest BCUT2D eigenvalue weighted by atomic mass is 10.1. The second-order valence-corrected chi connectivity index (χ2v) is 6.73. The number of esters is 1. The predicted molar refractivity (Wildman–Crippen MR) is 89.5 cm³/mol. The van der Waals surface area contributed by atoms with Gasteiger partial charge in [-0.1, -0.05) is 13.0 Å². The number of rotatable bonds is 7. The number of sulfonamides is 1. The van der Waals surface area contributed by atoms with E-state index in [2.05, 4.69) is 10.0 Å². The lowest BCUT2D eigenvalue weighted by Gasteiger charge is -2.10. The SMILES string of the molecule is CCNC(=O)NC(=O)COC(=O)c1cc(S(=O)(=O)NCC)ccc1C. The van der Waals surface area contributed by atoms with E-state index in [9.17, 15) is 22.8 Å². The van der Waals surface area contributed by atoms with E-state index in [-0.39, 0.29) is 17.0 Å². The second-order valence-electron chi connectivity index (χ2n) is 4.96. The van der Waals surface area contributed by atoms with Crippen molar-refractivity contribution in [2.75, 3.05) is 19.7 Å². The number of carbonyl (C=O) groups excluding carboxylic acids is 3. The van der Waals surface area contributed by atoms with Crippen LogP contribution in [0.1, 0.15) is 29.8 Å². The summed E-state index contributed by atoms with van der Waals surface area (Å²) >= 11 is 0. The zero-order valence-corrected chi connectivity index (χ0v) is 15.0. The van der Waals surface area contributed by atoms with Crippen LogP contribution in [-0.4, -0.2) is 46.0 Å². The Morgan fingerprint density at radius 1 is 1.12 bits per heavy atom. The summed E-state index contributed by atoms with van der Waals surface area (Å²) < 4.78 is 31.1. The fourth-order valence-electron chi connectivity index (χ4n) is 1.84. The van der Waals surface area contributed by atoms with Gasteiger partial charge in [0.05, 0.1) is 10.5 Å². The van der Waals surface area contributed by atoms with E-state index in [0.717, 1.165) is 0 Å². The molecule has 0 spiro atoms. The van der Waals surface area contributed by atoms with E-state index < -0.39 is 34.5 Å². The number of hydrogen-bond donors (Lipinski definition) is 3. The molecule has 138 valence electrons. The smallest absolute Gasteiger partial charge is 0.338 e. The zero-order chi connectivity index (χ0) is 19.0. The molecule has 0 atom stereocenters. The van der Waals surface area contributed by atoms with E-state index in [1.54, 1.807) is 20.8 Å². The monoisotopic (exact) mass is 371 g/mol. The van der Waals surface area contributed by atoms with Crippen LogP contribution in [0.2, 0.25) is 0 Å². The van der Waals surface area contributed by atoms with Crippen molar-refractivity contribution >= 4 is 27.9 Å². The number of carbonyl (C=O) groups is 3. The molecular formula is C15H21N3O6S. The molecular weight excluding hydrogens is 350 g/mol. The molecule has 9 nitrogen and oxygen atoms in total. The van der Waals surface area contributed by atoms with Gasteiger partial charge in [0, 0.05) is 13.1 Å². The molecule has 0 aromatic heterocycles. The van der Waals surface area contributed by atoms with Gasteiger partial charge in [-0.25, -0.2) is 22.7 Å². The van der Waals surface area contributed by atoms with Crippen LogP contribution in [-0.2, 0) is 19.6 Å². The highest BCUT2D eigenvalue weighted by Gasteiger charge is 2.19. The molecule has 10 heteroatoms. The fourth-order valence-corrected chi connectivity index (χ4v) is 2.90. The van der Waals surface area contributed by atoms with E-state index in [1.165, 1.54) is 18.2 Å². The van der Waals surface area contributed by atoms with E-state index in [1.807, 2.05) is 5.32 Å². The van der Waals surface area contributed by atoms with Crippen molar-refractivity contribution < 1.29 is 27.5 Å². The number of nitrogens with one attached hydrogen (secondary N) is 3. The molecule has 0 heterocycles. The summed E-state index contributed by atoms with van der Waals surface area (Å²) in [5, 5.41) is 4.34. The lowest BCUT2D eigenvalue weighted by Crippen LogP contribution is -2.41. The average Bonchev–Trinajstić information content (AvgIpc) is 2.53. The van der Waals surface area contributed by atoms with Gasteiger partial charge in [0.15, 0.2) is 6.61 Å². The molecule has 0 bridgehead atoms. The highest BCUT2D eigenvalue weighted by molar-refractivity contribution is 7.89. The summed E-state index contributed by atoms with van der Waals surface area (Å²) in [5.74, 6) is -1.66. The molecule has 0 unspecified atom stereocenters. The molecule has 0 aliphatic rings. The maximum atomic E-state index is 12.1. The lowest BCUT2D eigenvalue weighted by molar-refractivity contribution is -0.123. The first-order valence-corrected chi connectivity index (χ1v) is 9.04. The van der Waals surface area contributed by atoms with Crippen LogP contribution in [0.3, 0.4) is 0 Å². The quantitative estimate of drug-likeness (QED) is 0.591. The topological polar surface area (TPSA) is 131 Å². The molecule has 3 amide bonds. The molecule has 0 aliphatic carbocycles. The molecule has 0 aliphatic heterocycles. The third kappa shape index (κ3) is 6.16. The van der Waals surface area contributed by atoms with Gasteiger partial charge in [-0.2, -0.15) is 0 Å². The summed E-state index contributed by atoms with van der Waals surface area (Å²) in [6.07, 6.45) is 0. The molecule has 1 rings (SSSR count). The van der Waals surface area contributed by atoms with Gasteiger partial charge in [0.2, 0.25) is 10.0 Å². The zero-order valence-electron chi connectivity index (χ0n) is 14.2. The molecule has 0 saturated heterocycles. The molecule has 0 radical (unpaired) electrons. The van der Waals surface area contributed by atoms with Crippen molar-refractivity contribution in [2.45, 2.75) is 25.7 Å². The summed E-state index contributed by atoms with van der Waals surface area (Å²) in [6.45, 7) is 4.80. The number of imide groups is 1. The Kier molecular flexibility index (Phi) is 7.52. The third-order valence-electron chi connectivity index (χ3n) is 3.00. The van der Waals surface area contributed by atoms with Gasteiger partial charge in [0.1, 0.15) is 0 Å². The average molecular weight is 371 g/mol. The minimum atomic E-state index is -3.73. The van der Waals surface area contributed by atoms with Gasteiger partial charge >= 0.3 is 12.0 Å². The number of amides is 3. The minimum Gasteiger partial charge on any atom is -0.452 e. The highest BCUT2D eigenvalue weighted by atomic mass is 32.2. The van der Waals surface area contributed by atoms with Crippen molar-refractivity contribution in [1.29, 1.82) is 0 Å². The Morgan fingerprint density at radius 3 is 2.40 bits per heavy atom. The van der Waals surface area contributed by atoms with Crippen molar-refractivity contribution in [3.05, 3.63) is 29.3 Å². The summed E-state index contributed by atoms with van der Waals surface area (Å²) in [7, 11) is -3.73. The second kappa shape index (κ2) is 9.14. The first-order valence-electron chi connectivity index (χ1n) is 7.56. The highest BCUT2D eigenvalue weighted by Crippen LogP contribution is 2.16. The van der Waals surface area contributed by atoms with Gasteiger partial charge in [-0.05, 0) is 31.5 Å². The predicted octanol–water partition coefficient (Wildman–Crippen LogP) is 0.296. The van der Waals surface area contributed by atoms with Crippen molar-refractivity contribution in [3.63, 3.8) is 0 Å². The van der Waals surface area contributed by atoms with Gasteiger partial charge < -0.3 is 10.1 Å². The molecule has 0 fully saturated rings. The number of aryl methyl sites for hydroxylation is 1. The minimum absolute atomic E-state index is 0.0183. The molecule has 1 aromatic carbocycles. The first kappa shape index (κ1) is 20.6. The Labute approximate surface area is 146 Å². The Hall–Kier alpha value is -2.46. The Balaban J connectivity index is 2.82.